The van der Waals surface area contributed by atoms with Gasteiger partial charge in [0.05, 0.1) is 12.6 Å². The highest BCUT2D eigenvalue weighted by Gasteiger charge is 2.46. The molecule has 0 radical (unpaired) electrons. The molecule has 3 aromatic heterocycles. The minimum atomic E-state index is -2.53. The normalized spacial score (nSPS) is 17.6. The Morgan fingerprint density at radius 2 is 2.03 bits per heavy atom. The first kappa shape index (κ1) is 23.6. The molecule has 2 aliphatic rings. The fourth-order valence-corrected chi connectivity index (χ4v) is 5.69. The Bertz CT molecular complexity index is 1470. The first-order chi connectivity index (χ1) is 17.8. The lowest BCUT2D eigenvalue weighted by Gasteiger charge is -2.53. The van der Waals surface area contributed by atoms with Crippen LogP contribution in [0, 0.1) is 5.41 Å². The molecule has 1 aromatic carbocycles. The summed E-state index contributed by atoms with van der Waals surface area (Å²) in [5.41, 5.74) is 3.64. The van der Waals surface area contributed by atoms with Gasteiger partial charge in [0.25, 0.3) is 6.43 Å². The van der Waals surface area contributed by atoms with Gasteiger partial charge in [-0.2, -0.15) is 4.98 Å². The Hall–Kier alpha value is -3.83. The monoisotopic (exact) mass is 510 g/mol. The van der Waals surface area contributed by atoms with Crippen molar-refractivity contribution in [3.63, 3.8) is 0 Å². The number of amides is 1. The van der Waals surface area contributed by atoms with Crippen LogP contribution in [0.25, 0.3) is 27.7 Å². The molecule has 1 spiro atoms. The molecule has 1 saturated heterocycles. The number of fused-ring (bicyclic) bond motifs is 2. The number of anilines is 1. The number of nitrogens with one attached hydrogen (secondary N) is 1. The SMILES string of the molecule is COc1nc(NC2CCC3(CC2)CN(C(C)=O)C3)nn2ccc(-c3ccc4nnn(CC(F)F)c4c3)c12. The van der Waals surface area contributed by atoms with E-state index in [2.05, 4.69) is 25.7 Å². The van der Waals surface area contributed by atoms with Gasteiger partial charge in [-0.15, -0.1) is 10.2 Å². The summed E-state index contributed by atoms with van der Waals surface area (Å²) in [5.74, 6) is 1.06. The van der Waals surface area contributed by atoms with Gasteiger partial charge in [0.1, 0.15) is 17.6 Å². The Morgan fingerprint density at radius 1 is 1.24 bits per heavy atom. The van der Waals surface area contributed by atoms with Crippen LogP contribution in [0.1, 0.15) is 32.6 Å². The Labute approximate surface area is 211 Å². The van der Waals surface area contributed by atoms with Gasteiger partial charge in [0.15, 0.2) is 0 Å². The summed E-state index contributed by atoms with van der Waals surface area (Å²) >= 11 is 0. The summed E-state index contributed by atoms with van der Waals surface area (Å²) in [6, 6.07) is 7.58. The van der Waals surface area contributed by atoms with Gasteiger partial charge in [0, 0.05) is 43.2 Å². The van der Waals surface area contributed by atoms with Gasteiger partial charge < -0.3 is 15.0 Å². The van der Waals surface area contributed by atoms with E-state index in [0.717, 1.165) is 49.9 Å². The second kappa shape index (κ2) is 8.93. The van der Waals surface area contributed by atoms with Crippen LogP contribution in [-0.2, 0) is 11.3 Å². The van der Waals surface area contributed by atoms with E-state index < -0.39 is 13.0 Å². The van der Waals surface area contributed by atoms with Crippen LogP contribution >= 0.6 is 0 Å². The molecule has 1 N–H and O–H groups in total. The predicted octanol–water partition coefficient (Wildman–Crippen LogP) is 3.62. The van der Waals surface area contributed by atoms with Gasteiger partial charge >= 0.3 is 0 Å². The number of methoxy groups -OCH3 is 1. The Balaban J connectivity index is 1.23. The lowest BCUT2D eigenvalue weighted by molar-refractivity contribution is -0.143. The van der Waals surface area contributed by atoms with E-state index in [1.807, 2.05) is 23.2 Å². The Morgan fingerprint density at radius 3 is 2.73 bits per heavy atom. The molecule has 10 nitrogen and oxygen atoms in total. The third-order valence-corrected chi connectivity index (χ3v) is 7.69. The predicted molar refractivity (Wildman–Crippen MR) is 133 cm³/mol. The van der Waals surface area contributed by atoms with Crippen molar-refractivity contribution in [2.24, 2.45) is 5.41 Å². The van der Waals surface area contributed by atoms with Crippen molar-refractivity contribution in [1.29, 1.82) is 0 Å². The van der Waals surface area contributed by atoms with Crippen molar-refractivity contribution in [2.45, 2.75) is 51.6 Å². The largest absolute Gasteiger partial charge is 0.479 e. The average molecular weight is 511 g/mol. The first-order valence-corrected chi connectivity index (χ1v) is 12.4. The van der Waals surface area contributed by atoms with Crippen LogP contribution in [0.15, 0.2) is 30.5 Å². The molecule has 0 unspecified atom stereocenters. The van der Waals surface area contributed by atoms with Crippen LogP contribution < -0.4 is 10.1 Å². The van der Waals surface area contributed by atoms with Crippen LogP contribution in [0.4, 0.5) is 14.7 Å². The minimum absolute atomic E-state index is 0.154. The molecule has 1 saturated carbocycles. The average Bonchev–Trinajstić information content (AvgIpc) is 3.46. The maximum Gasteiger partial charge on any atom is 0.258 e. The van der Waals surface area contributed by atoms with Gasteiger partial charge in [-0.05, 0) is 49.4 Å². The molecule has 1 amide bonds. The number of hydrogen-bond donors (Lipinski definition) is 1. The van der Waals surface area contributed by atoms with Crippen LogP contribution in [0.2, 0.25) is 0 Å². The van der Waals surface area contributed by atoms with Crippen molar-refractivity contribution in [3.05, 3.63) is 30.5 Å². The second-order valence-corrected chi connectivity index (χ2v) is 10.1. The highest BCUT2D eigenvalue weighted by molar-refractivity contribution is 5.89. The highest BCUT2D eigenvalue weighted by Crippen LogP contribution is 2.44. The molecule has 0 bridgehead atoms. The van der Waals surface area contributed by atoms with Crippen LogP contribution in [0.3, 0.4) is 0 Å². The zero-order valence-electron chi connectivity index (χ0n) is 20.7. The van der Waals surface area contributed by atoms with E-state index >= 15 is 0 Å². The quantitative estimate of drug-likeness (QED) is 0.423. The number of carbonyl (C=O) groups excluding carboxylic acids is 1. The van der Waals surface area contributed by atoms with Crippen molar-refractivity contribution in [3.8, 4) is 17.0 Å². The number of hydrogen-bond acceptors (Lipinski definition) is 7. The molecule has 37 heavy (non-hydrogen) atoms. The smallest absolute Gasteiger partial charge is 0.258 e. The van der Waals surface area contributed by atoms with Gasteiger partial charge in [-0.25, -0.2) is 18.0 Å². The number of ether oxygens (including phenoxy) is 1. The molecular formula is C25H28F2N8O2. The molecule has 4 aromatic rings. The number of rotatable bonds is 6. The Kier molecular flexibility index (Phi) is 5.68. The third kappa shape index (κ3) is 4.23. The number of carbonyl (C=O) groups is 1. The lowest BCUT2D eigenvalue weighted by atomic mass is 9.67. The van der Waals surface area contributed by atoms with Gasteiger partial charge in [-0.3, -0.25) is 4.79 Å². The van der Waals surface area contributed by atoms with E-state index in [1.165, 1.54) is 4.68 Å². The topological polar surface area (TPSA) is 102 Å². The molecular weight excluding hydrogens is 482 g/mol. The van der Waals surface area contributed by atoms with Gasteiger partial charge in [-0.1, -0.05) is 11.3 Å². The fraction of sp³-hybridized carbons (Fsp3) is 0.480. The summed E-state index contributed by atoms with van der Waals surface area (Å²) in [5, 5.41) is 16.0. The zero-order chi connectivity index (χ0) is 25.7. The van der Waals surface area contributed by atoms with Gasteiger partial charge in [0.2, 0.25) is 17.7 Å². The second-order valence-electron chi connectivity index (χ2n) is 10.1. The standard InChI is InChI=1S/C25H28F2N8O2/c1-15(36)33-13-25(14-33)8-5-17(6-9-25)28-24-29-23(37-2)22-18(7-10-34(22)31-24)16-3-4-19-20(11-16)35(32-30-19)12-21(26)27/h3-4,7,10-11,17,21H,5-6,8-9,12-14H2,1-2H3,(H,28,31). The van der Waals surface area contributed by atoms with E-state index in [4.69, 9.17) is 4.74 Å². The van der Waals surface area contributed by atoms with Crippen LogP contribution in [0.5, 0.6) is 5.88 Å². The van der Waals surface area contributed by atoms with Crippen molar-refractivity contribution in [2.75, 3.05) is 25.5 Å². The summed E-state index contributed by atoms with van der Waals surface area (Å²) in [6.45, 7) is 2.84. The fourth-order valence-electron chi connectivity index (χ4n) is 5.69. The number of likely N-dealkylation sites (tertiary alicyclic amines) is 1. The molecule has 0 atom stereocenters. The van der Waals surface area contributed by atoms with E-state index in [-0.39, 0.29) is 17.4 Å². The van der Waals surface area contributed by atoms with Crippen molar-refractivity contribution >= 4 is 28.4 Å². The zero-order valence-corrected chi connectivity index (χ0v) is 20.7. The van der Waals surface area contributed by atoms with E-state index in [9.17, 15) is 13.6 Å². The number of nitrogens with zero attached hydrogens (tertiary/aromatic N) is 7. The van der Waals surface area contributed by atoms with Crippen LogP contribution in [-0.4, -0.2) is 73.1 Å². The summed E-state index contributed by atoms with van der Waals surface area (Å²) in [4.78, 5) is 18.1. The third-order valence-electron chi connectivity index (χ3n) is 7.69. The minimum Gasteiger partial charge on any atom is -0.479 e. The van der Waals surface area contributed by atoms with Crippen molar-refractivity contribution in [1.82, 2.24) is 34.5 Å². The number of alkyl halides is 2. The van der Waals surface area contributed by atoms with E-state index in [1.54, 1.807) is 30.7 Å². The molecule has 2 fully saturated rings. The molecule has 12 heteroatoms. The summed E-state index contributed by atoms with van der Waals surface area (Å²) in [6.07, 6.45) is 3.43. The number of benzene rings is 1. The number of aromatic nitrogens is 6. The molecule has 1 aliphatic carbocycles. The first-order valence-electron chi connectivity index (χ1n) is 12.4. The number of halogens is 2. The van der Waals surface area contributed by atoms with Crippen molar-refractivity contribution < 1.29 is 18.3 Å². The van der Waals surface area contributed by atoms with E-state index in [0.29, 0.717) is 28.4 Å². The molecule has 4 heterocycles. The maximum atomic E-state index is 13.0. The molecule has 1 aliphatic heterocycles. The lowest BCUT2D eigenvalue weighted by Crippen LogP contribution is -2.59. The molecule has 194 valence electrons. The summed E-state index contributed by atoms with van der Waals surface area (Å²) < 4.78 is 34.5. The highest BCUT2D eigenvalue weighted by atomic mass is 19.3. The summed E-state index contributed by atoms with van der Waals surface area (Å²) in [7, 11) is 1.56. The maximum absolute atomic E-state index is 13.0. The molecule has 6 rings (SSSR count).